The molecular formula is C52H46N2. The Morgan fingerprint density at radius 3 is 1.43 bits per heavy atom. The van der Waals surface area contributed by atoms with Gasteiger partial charge in [0.1, 0.15) is 0 Å². The van der Waals surface area contributed by atoms with Gasteiger partial charge in [0.05, 0.1) is 6.04 Å². The van der Waals surface area contributed by atoms with Gasteiger partial charge in [0.2, 0.25) is 0 Å². The number of nitrogens with zero attached hydrogens (tertiary/aromatic N) is 2. The number of rotatable bonds is 12. The van der Waals surface area contributed by atoms with Crippen LogP contribution in [0.25, 0.3) is 11.1 Å². The second-order valence-electron chi connectivity index (χ2n) is 14.1. The minimum atomic E-state index is 0.228. The third kappa shape index (κ3) is 7.99. The van der Waals surface area contributed by atoms with Crippen LogP contribution in [0.5, 0.6) is 0 Å². The first-order valence-electron chi connectivity index (χ1n) is 19.2. The van der Waals surface area contributed by atoms with E-state index in [1.807, 2.05) is 0 Å². The van der Waals surface area contributed by atoms with Gasteiger partial charge in [-0.15, -0.1) is 0 Å². The topological polar surface area (TPSA) is 6.48 Å². The number of anilines is 5. The molecule has 0 radical (unpaired) electrons. The molecule has 7 aromatic rings. The van der Waals surface area contributed by atoms with Gasteiger partial charge < -0.3 is 9.80 Å². The summed E-state index contributed by atoms with van der Waals surface area (Å²) >= 11 is 0. The van der Waals surface area contributed by atoms with Crippen molar-refractivity contribution < 1.29 is 0 Å². The predicted molar refractivity (Wildman–Crippen MR) is 229 cm³/mol. The van der Waals surface area contributed by atoms with Crippen LogP contribution in [0.4, 0.5) is 28.4 Å². The molecule has 8 rings (SSSR count). The molecule has 1 aliphatic rings. The van der Waals surface area contributed by atoms with Crippen molar-refractivity contribution in [1.29, 1.82) is 0 Å². The first-order chi connectivity index (χ1) is 26.7. The van der Waals surface area contributed by atoms with Crippen LogP contribution < -0.4 is 9.80 Å². The molecule has 0 amide bonds. The van der Waals surface area contributed by atoms with Gasteiger partial charge in [-0.25, -0.2) is 0 Å². The maximum atomic E-state index is 2.47. The maximum Gasteiger partial charge on any atom is 0.0560 e. The standard InChI is InChI=1S/C52H46N2/c1-40(43-16-8-3-9-17-43)44-26-34-50(35-27-44)54(48-20-12-5-13-21-48)52-38-30-46(31-39-52)45-28-36-51(37-29-45)53(47-18-10-4-11-19-47)49-32-24-42(25-33-49)23-22-41-14-6-2-7-15-41/h2-21,24-34,36-40,50H,22-23,35H2,1H3/t40-,50?/m0/s1. The molecule has 0 saturated carbocycles. The van der Waals surface area contributed by atoms with Gasteiger partial charge in [0, 0.05) is 34.4 Å². The van der Waals surface area contributed by atoms with E-state index in [2.05, 4.69) is 229 Å². The van der Waals surface area contributed by atoms with Crippen molar-refractivity contribution in [2.75, 3.05) is 9.80 Å². The van der Waals surface area contributed by atoms with Gasteiger partial charge in [-0.3, -0.25) is 0 Å². The van der Waals surface area contributed by atoms with Crippen LogP contribution in [0.15, 0.2) is 218 Å². The Bertz CT molecular complexity index is 2280. The fraction of sp³-hybridized carbons (Fsp3) is 0.115. The molecule has 0 saturated heterocycles. The summed E-state index contributed by atoms with van der Waals surface area (Å²) < 4.78 is 0. The normalized spacial score (nSPS) is 14.2. The van der Waals surface area contributed by atoms with Gasteiger partial charge in [0.25, 0.3) is 0 Å². The maximum absolute atomic E-state index is 2.47. The van der Waals surface area contributed by atoms with Crippen molar-refractivity contribution in [2.45, 2.75) is 38.1 Å². The molecule has 2 heteroatoms. The average Bonchev–Trinajstić information content (AvgIpc) is 3.25. The average molecular weight is 699 g/mol. The minimum Gasteiger partial charge on any atom is -0.334 e. The second-order valence-corrected chi connectivity index (χ2v) is 14.1. The van der Waals surface area contributed by atoms with Gasteiger partial charge in [-0.2, -0.15) is 0 Å². The summed E-state index contributed by atoms with van der Waals surface area (Å²) in [5.74, 6) is 0.370. The zero-order valence-corrected chi connectivity index (χ0v) is 30.9. The van der Waals surface area contributed by atoms with Crippen molar-refractivity contribution in [2.24, 2.45) is 0 Å². The Kier molecular flexibility index (Phi) is 10.6. The number of para-hydroxylation sites is 2. The first-order valence-corrected chi connectivity index (χ1v) is 19.2. The summed E-state index contributed by atoms with van der Waals surface area (Å²) in [4.78, 5) is 4.80. The highest BCUT2D eigenvalue weighted by molar-refractivity contribution is 5.79. The largest absolute Gasteiger partial charge is 0.334 e. The van der Waals surface area contributed by atoms with E-state index in [-0.39, 0.29) is 6.04 Å². The number of benzene rings is 7. The van der Waals surface area contributed by atoms with Crippen LogP contribution in [0.3, 0.4) is 0 Å². The van der Waals surface area contributed by atoms with Crippen molar-refractivity contribution in [3.05, 3.63) is 235 Å². The van der Waals surface area contributed by atoms with Crippen LogP contribution >= 0.6 is 0 Å². The fourth-order valence-electron chi connectivity index (χ4n) is 7.58. The van der Waals surface area contributed by atoms with E-state index >= 15 is 0 Å². The molecule has 0 fully saturated rings. The fourth-order valence-corrected chi connectivity index (χ4v) is 7.58. The number of allylic oxidation sites excluding steroid dienone is 2. The van der Waals surface area contributed by atoms with Gasteiger partial charge in [-0.05, 0) is 113 Å². The third-order valence-electron chi connectivity index (χ3n) is 10.6. The lowest BCUT2D eigenvalue weighted by atomic mass is 9.88. The summed E-state index contributed by atoms with van der Waals surface area (Å²) in [6, 6.07) is 70.2. The highest BCUT2D eigenvalue weighted by Crippen LogP contribution is 2.38. The van der Waals surface area contributed by atoms with E-state index in [4.69, 9.17) is 0 Å². The van der Waals surface area contributed by atoms with E-state index in [9.17, 15) is 0 Å². The summed E-state index contributed by atoms with van der Waals surface area (Å²) in [5, 5.41) is 0. The van der Waals surface area contributed by atoms with Crippen LogP contribution in [-0.4, -0.2) is 6.04 Å². The zero-order valence-electron chi connectivity index (χ0n) is 30.9. The Balaban J connectivity index is 1.01. The summed E-state index contributed by atoms with van der Waals surface area (Å²) in [7, 11) is 0. The van der Waals surface area contributed by atoms with Crippen LogP contribution in [0, 0.1) is 0 Å². The van der Waals surface area contributed by atoms with E-state index in [0.717, 1.165) is 36.3 Å². The van der Waals surface area contributed by atoms with E-state index in [0.29, 0.717) is 5.92 Å². The Morgan fingerprint density at radius 2 is 0.889 bits per heavy atom. The molecule has 1 unspecified atom stereocenters. The van der Waals surface area contributed by atoms with Crippen molar-refractivity contribution in [3.8, 4) is 11.1 Å². The van der Waals surface area contributed by atoms with E-state index < -0.39 is 0 Å². The molecule has 264 valence electrons. The summed E-state index contributed by atoms with van der Waals surface area (Å²) in [6.45, 7) is 2.30. The zero-order chi connectivity index (χ0) is 36.5. The lowest BCUT2D eigenvalue weighted by Gasteiger charge is -2.34. The lowest BCUT2D eigenvalue weighted by molar-refractivity contribution is 0.763. The van der Waals surface area contributed by atoms with E-state index in [1.165, 1.54) is 44.8 Å². The first kappa shape index (κ1) is 34.7. The van der Waals surface area contributed by atoms with Crippen molar-refractivity contribution >= 4 is 28.4 Å². The highest BCUT2D eigenvalue weighted by atomic mass is 15.2. The number of hydrogen-bond acceptors (Lipinski definition) is 2. The molecule has 0 N–H and O–H groups in total. The second kappa shape index (κ2) is 16.5. The van der Waals surface area contributed by atoms with Gasteiger partial charge in [-0.1, -0.05) is 159 Å². The summed E-state index contributed by atoms with van der Waals surface area (Å²) in [6.07, 6.45) is 10.2. The summed E-state index contributed by atoms with van der Waals surface area (Å²) in [5.41, 5.74) is 13.7. The van der Waals surface area contributed by atoms with Crippen molar-refractivity contribution in [1.82, 2.24) is 0 Å². The van der Waals surface area contributed by atoms with E-state index in [1.54, 1.807) is 0 Å². The lowest BCUT2D eigenvalue weighted by Crippen LogP contribution is -2.30. The molecule has 2 nitrogen and oxygen atoms in total. The Labute approximate surface area is 321 Å². The van der Waals surface area contributed by atoms with Crippen LogP contribution in [0.1, 0.15) is 36.0 Å². The molecule has 0 aliphatic heterocycles. The molecule has 1 aliphatic carbocycles. The Morgan fingerprint density at radius 1 is 0.463 bits per heavy atom. The minimum absolute atomic E-state index is 0.228. The highest BCUT2D eigenvalue weighted by Gasteiger charge is 2.22. The third-order valence-corrected chi connectivity index (χ3v) is 10.6. The SMILES string of the molecule is C[C@H](C1=CCC(N(c2ccccc2)c2ccc(-c3ccc(N(c4ccccc4)c4ccc(CCc5ccccc5)cc4)cc3)cc2)C=C1)c1ccccc1. The molecule has 54 heavy (non-hydrogen) atoms. The molecule has 0 bridgehead atoms. The number of aryl methyl sites for hydroxylation is 2. The molecular weight excluding hydrogens is 653 g/mol. The van der Waals surface area contributed by atoms with Crippen LogP contribution in [0.2, 0.25) is 0 Å². The Hall–Kier alpha value is -6.38. The molecule has 7 aromatic carbocycles. The quantitative estimate of drug-likeness (QED) is 0.125. The predicted octanol–water partition coefficient (Wildman–Crippen LogP) is 13.8. The van der Waals surface area contributed by atoms with Gasteiger partial charge >= 0.3 is 0 Å². The van der Waals surface area contributed by atoms with Gasteiger partial charge in [0.15, 0.2) is 0 Å². The molecule has 0 aromatic heterocycles. The van der Waals surface area contributed by atoms with Crippen LogP contribution in [-0.2, 0) is 12.8 Å². The monoisotopic (exact) mass is 698 g/mol. The van der Waals surface area contributed by atoms with Crippen molar-refractivity contribution in [3.63, 3.8) is 0 Å². The smallest absolute Gasteiger partial charge is 0.0560 e. The number of hydrogen-bond donors (Lipinski definition) is 0. The molecule has 0 spiro atoms. The molecule has 0 heterocycles. The molecule has 2 atom stereocenters.